The molecule has 2 aliphatic heterocycles. The van der Waals surface area contributed by atoms with E-state index in [0.717, 1.165) is 35.7 Å². The number of hydrogen-bond donors (Lipinski definition) is 0. The van der Waals surface area contributed by atoms with E-state index in [1.54, 1.807) is 7.11 Å². The molecule has 1 atom stereocenters. The lowest BCUT2D eigenvalue weighted by Gasteiger charge is -2.20. The lowest BCUT2D eigenvalue weighted by molar-refractivity contribution is 0.146. The first-order valence-electron chi connectivity index (χ1n) is 8.68. The summed E-state index contributed by atoms with van der Waals surface area (Å²) in [6.07, 6.45) is 3.01. The van der Waals surface area contributed by atoms with Gasteiger partial charge in [0.05, 0.1) is 25.8 Å². The van der Waals surface area contributed by atoms with Crippen molar-refractivity contribution in [3.05, 3.63) is 41.5 Å². The SMILES string of the molecule is CCCOC1=NN2CC(c3ccc(OCCOC)cc3)N=C2C=C1C. The van der Waals surface area contributed by atoms with Crippen molar-refractivity contribution in [1.29, 1.82) is 0 Å². The quantitative estimate of drug-likeness (QED) is 0.714. The maximum absolute atomic E-state index is 5.71. The molecule has 1 aromatic carbocycles. The molecular formula is C19H25N3O3. The summed E-state index contributed by atoms with van der Waals surface area (Å²) in [6, 6.07) is 8.14. The monoisotopic (exact) mass is 343 g/mol. The maximum atomic E-state index is 5.71. The van der Waals surface area contributed by atoms with Crippen molar-refractivity contribution in [2.24, 2.45) is 10.1 Å². The summed E-state index contributed by atoms with van der Waals surface area (Å²) in [7, 11) is 1.66. The predicted octanol–water partition coefficient (Wildman–Crippen LogP) is 3.17. The van der Waals surface area contributed by atoms with Crippen LogP contribution in [0, 0.1) is 0 Å². The van der Waals surface area contributed by atoms with E-state index in [0.29, 0.717) is 25.7 Å². The third-order valence-electron chi connectivity index (χ3n) is 4.06. The van der Waals surface area contributed by atoms with Crippen LogP contribution in [0.1, 0.15) is 31.9 Å². The van der Waals surface area contributed by atoms with Crippen molar-refractivity contribution in [3.8, 4) is 5.75 Å². The second-order valence-corrected chi connectivity index (χ2v) is 6.08. The predicted molar refractivity (Wildman–Crippen MR) is 98.1 cm³/mol. The third kappa shape index (κ3) is 4.20. The van der Waals surface area contributed by atoms with Crippen LogP contribution >= 0.6 is 0 Å². The van der Waals surface area contributed by atoms with Gasteiger partial charge >= 0.3 is 0 Å². The van der Waals surface area contributed by atoms with E-state index in [1.807, 2.05) is 30.1 Å². The van der Waals surface area contributed by atoms with Gasteiger partial charge in [-0.3, -0.25) is 4.99 Å². The van der Waals surface area contributed by atoms with Crippen LogP contribution in [0.5, 0.6) is 5.75 Å². The molecule has 25 heavy (non-hydrogen) atoms. The molecule has 1 unspecified atom stereocenters. The van der Waals surface area contributed by atoms with Gasteiger partial charge in [0.2, 0.25) is 5.90 Å². The Balaban J connectivity index is 1.66. The molecule has 0 aliphatic carbocycles. The Labute approximate surface area is 148 Å². The highest BCUT2D eigenvalue weighted by Crippen LogP contribution is 2.29. The first-order chi connectivity index (χ1) is 12.2. The molecule has 0 saturated carbocycles. The fourth-order valence-electron chi connectivity index (χ4n) is 2.72. The van der Waals surface area contributed by atoms with Gasteiger partial charge in [0.15, 0.2) is 0 Å². The Morgan fingerprint density at radius 1 is 1.12 bits per heavy atom. The van der Waals surface area contributed by atoms with Crippen molar-refractivity contribution in [2.45, 2.75) is 26.3 Å². The van der Waals surface area contributed by atoms with E-state index in [9.17, 15) is 0 Å². The Hall–Kier alpha value is -2.34. The lowest BCUT2D eigenvalue weighted by Crippen LogP contribution is -2.28. The Kier molecular flexibility index (Phi) is 5.71. The van der Waals surface area contributed by atoms with Gasteiger partial charge in [-0.2, -0.15) is 0 Å². The number of aliphatic imine (C=N–C) groups is 1. The highest BCUT2D eigenvalue weighted by atomic mass is 16.5. The Morgan fingerprint density at radius 2 is 1.92 bits per heavy atom. The molecule has 0 bridgehead atoms. The summed E-state index contributed by atoms with van der Waals surface area (Å²) in [5, 5.41) is 6.52. The average molecular weight is 343 g/mol. The molecule has 0 saturated heterocycles. The molecular weight excluding hydrogens is 318 g/mol. The highest BCUT2D eigenvalue weighted by Gasteiger charge is 2.29. The van der Waals surface area contributed by atoms with Gasteiger partial charge in [0.1, 0.15) is 18.2 Å². The number of fused-ring (bicyclic) bond motifs is 1. The molecule has 0 radical (unpaired) electrons. The van der Waals surface area contributed by atoms with Crippen molar-refractivity contribution in [3.63, 3.8) is 0 Å². The van der Waals surface area contributed by atoms with E-state index in [-0.39, 0.29) is 6.04 Å². The molecule has 2 aliphatic rings. The number of methoxy groups -OCH3 is 1. The summed E-state index contributed by atoms with van der Waals surface area (Å²) in [4.78, 5) is 4.79. The van der Waals surface area contributed by atoms with Crippen LogP contribution in [0.4, 0.5) is 0 Å². The van der Waals surface area contributed by atoms with Gasteiger partial charge in [0.25, 0.3) is 0 Å². The smallest absolute Gasteiger partial charge is 0.234 e. The van der Waals surface area contributed by atoms with Gasteiger partial charge in [0, 0.05) is 12.7 Å². The molecule has 2 heterocycles. The van der Waals surface area contributed by atoms with Crippen LogP contribution in [-0.4, -0.2) is 50.2 Å². The molecule has 6 heteroatoms. The summed E-state index contributed by atoms with van der Waals surface area (Å²) >= 11 is 0. The van der Waals surface area contributed by atoms with Crippen LogP contribution in [0.15, 0.2) is 46.0 Å². The zero-order valence-electron chi connectivity index (χ0n) is 15.1. The van der Waals surface area contributed by atoms with Crippen LogP contribution in [0.3, 0.4) is 0 Å². The van der Waals surface area contributed by atoms with Crippen molar-refractivity contribution in [2.75, 3.05) is 33.5 Å². The van der Waals surface area contributed by atoms with E-state index in [2.05, 4.69) is 24.2 Å². The number of benzene rings is 1. The van der Waals surface area contributed by atoms with Crippen molar-refractivity contribution >= 4 is 11.7 Å². The largest absolute Gasteiger partial charge is 0.491 e. The van der Waals surface area contributed by atoms with Crippen LogP contribution in [0.2, 0.25) is 0 Å². The van der Waals surface area contributed by atoms with Crippen LogP contribution < -0.4 is 4.74 Å². The van der Waals surface area contributed by atoms with E-state index < -0.39 is 0 Å². The number of nitrogens with zero attached hydrogens (tertiary/aromatic N) is 3. The van der Waals surface area contributed by atoms with Crippen molar-refractivity contribution < 1.29 is 14.2 Å². The molecule has 134 valence electrons. The number of rotatable bonds is 7. The minimum absolute atomic E-state index is 0.0707. The normalized spacial score (nSPS) is 19.1. The minimum atomic E-state index is 0.0707. The topological polar surface area (TPSA) is 55.7 Å². The zero-order valence-corrected chi connectivity index (χ0v) is 15.1. The first-order valence-corrected chi connectivity index (χ1v) is 8.68. The van der Waals surface area contributed by atoms with Crippen molar-refractivity contribution in [1.82, 2.24) is 5.01 Å². The summed E-state index contributed by atoms with van der Waals surface area (Å²) in [5.41, 5.74) is 2.17. The summed E-state index contributed by atoms with van der Waals surface area (Å²) < 4.78 is 16.3. The Morgan fingerprint density at radius 3 is 2.64 bits per heavy atom. The van der Waals surface area contributed by atoms with Gasteiger partial charge < -0.3 is 14.2 Å². The lowest BCUT2D eigenvalue weighted by atomic mass is 10.1. The fraction of sp³-hybridized carbons (Fsp3) is 0.474. The standard InChI is InChI=1S/C19H25N3O3/c1-4-9-25-19-14(2)12-18-20-17(13-22(18)21-19)15-5-7-16(8-6-15)24-11-10-23-3/h5-8,12,17H,4,9-11,13H2,1-3H3. The zero-order chi connectivity index (χ0) is 17.6. The number of amidine groups is 1. The maximum Gasteiger partial charge on any atom is 0.234 e. The number of hydrogen-bond acceptors (Lipinski definition) is 6. The Bertz CT molecular complexity index is 680. The molecule has 0 fully saturated rings. The van der Waals surface area contributed by atoms with Crippen LogP contribution in [-0.2, 0) is 9.47 Å². The number of hydrazone groups is 1. The molecule has 0 amide bonds. The van der Waals surface area contributed by atoms with Gasteiger partial charge in [-0.05, 0) is 37.1 Å². The molecule has 0 N–H and O–H groups in total. The van der Waals surface area contributed by atoms with E-state index >= 15 is 0 Å². The van der Waals surface area contributed by atoms with Gasteiger partial charge in [-0.25, -0.2) is 5.01 Å². The average Bonchev–Trinajstić information content (AvgIpc) is 3.03. The van der Waals surface area contributed by atoms with Gasteiger partial charge in [-0.1, -0.05) is 19.1 Å². The summed E-state index contributed by atoms with van der Waals surface area (Å²) in [5.74, 6) is 2.43. The molecule has 0 aromatic heterocycles. The molecule has 0 spiro atoms. The highest BCUT2D eigenvalue weighted by molar-refractivity contribution is 6.06. The van der Waals surface area contributed by atoms with Crippen LogP contribution in [0.25, 0.3) is 0 Å². The molecule has 3 rings (SSSR count). The second-order valence-electron chi connectivity index (χ2n) is 6.08. The van der Waals surface area contributed by atoms with E-state index in [1.165, 1.54) is 0 Å². The fourth-order valence-corrected chi connectivity index (χ4v) is 2.72. The molecule has 6 nitrogen and oxygen atoms in total. The molecule has 1 aromatic rings. The third-order valence-corrected chi connectivity index (χ3v) is 4.06. The summed E-state index contributed by atoms with van der Waals surface area (Å²) in [6.45, 7) is 6.63. The first kappa shape index (κ1) is 17.5. The number of ether oxygens (including phenoxy) is 3. The second kappa shape index (κ2) is 8.16. The van der Waals surface area contributed by atoms with Gasteiger partial charge in [-0.15, -0.1) is 5.10 Å². The van der Waals surface area contributed by atoms with E-state index in [4.69, 9.17) is 19.2 Å². The minimum Gasteiger partial charge on any atom is -0.491 e.